The summed E-state index contributed by atoms with van der Waals surface area (Å²) in [5.74, 6) is 0. The van der Waals surface area contributed by atoms with Crippen molar-refractivity contribution < 1.29 is 18.3 Å². The van der Waals surface area contributed by atoms with E-state index in [4.69, 9.17) is 5.73 Å². The molecular weight excluding hydrogens is 266 g/mol. The standard InChI is InChI=1S/C8H9N3O6S/c9-5-8(11(14)15)18(16,17)7-3-1-6(2-4-7)10(12)13/h1-4,8H,5,9H2. The number of benzene rings is 1. The predicted molar refractivity (Wildman–Crippen MR) is 60.1 cm³/mol. The highest BCUT2D eigenvalue weighted by Gasteiger charge is 2.36. The van der Waals surface area contributed by atoms with Crippen molar-refractivity contribution in [2.24, 2.45) is 5.73 Å². The highest BCUT2D eigenvalue weighted by molar-refractivity contribution is 7.91. The van der Waals surface area contributed by atoms with Gasteiger partial charge in [0.05, 0.1) is 16.4 Å². The van der Waals surface area contributed by atoms with E-state index in [1.54, 1.807) is 0 Å². The molecule has 0 saturated carbocycles. The molecule has 2 N–H and O–H groups in total. The summed E-state index contributed by atoms with van der Waals surface area (Å²) in [6.07, 6.45) is 0. The Labute approximate surface area is 101 Å². The highest BCUT2D eigenvalue weighted by Crippen LogP contribution is 2.19. The molecular formula is C8H9N3O6S. The molecule has 1 aromatic carbocycles. The van der Waals surface area contributed by atoms with Crippen molar-refractivity contribution >= 4 is 15.5 Å². The van der Waals surface area contributed by atoms with Crippen molar-refractivity contribution in [3.05, 3.63) is 44.5 Å². The Morgan fingerprint density at radius 3 is 2.00 bits per heavy atom. The quantitative estimate of drug-likeness (QED) is 0.584. The van der Waals surface area contributed by atoms with Crippen LogP contribution in [0.15, 0.2) is 29.2 Å². The van der Waals surface area contributed by atoms with Gasteiger partial charge in [-0.25, -0.2) is 8.42 Å². The van der Waals surface area contributed by atoms with E-state index in [9.17, 15) is 28.6 Å². The molecule has 1 atom stereocenters. The van der Waals surface area contributed by atoms with Gasteiger partial charge in [-0.3, -0.25) is 20.2 Å². The van der Waals surface area contributed by atoms with Crippen molar-refractivity contribution in [2.45, 2.75) is 10.3 Å². The van der Waals surface area contributed by atoms with Crippen LogP contribution in [0.4, 0.5) is 5.69 Å². The van der Waals surface area contributed by atoms with Gasteiger partial charge < -0.3 is 5.73 Å². The number of nitro groups is 2. The third-order valence-electron chi connectivity index (χ3n) is 2.17. The smallest absolute Gasteiger partial charge is 0.324 e. The predicted octanol–water partition coefficient (Wildman–Crippen LogP) is -0.0700. The fourth-order valence-corrected chi connectivity index (χ4v) is 2.55. The molecule has 0 saturated heterocycles. The number of nitrogens with two attached hydrogens (primary N) is 1. The molecule has 0 aliphatic carbocycles. The summed E-state index contributed by atoms with van der Waals surface area (Å²) in [6.45, 7) is -0.674. The molecule has 98 valence electrons. The van der Waals surface area contributed by atoms with Crippen LogP contribution in [-0.2, 0) is 9.84 Å². The van der Waals surface area contributed by atoms with Crippen LogP contribution in [0.3, 0.4) is 0 Å². The van der Waals surface area contributed by atoms with Gasteiger partial charge in [0.15, 0.2) is 0 Å². The molecule has 1 unspecified atom stereocenters. The van der Waals surface area contributed by atoms with Gasteiger partial charge in [0.1, 0.15) is 0 Å². The molecule has 1 rings (SSSR count). The van der Waals surface area contributed by atoms with Crippen LogP contribution < -0.4 is 5.73 Å². The number of rotatable bonds is 5. The van der Waals surface area contributed by atoms with Crippen LogP contribution in [0.1, 0.15) is 0 Å². The Balaban J connectivity index is 3.20. The summed E-state index contributed by atoms with van der Waals surface area (Å²) in [6, 6.07) is 3.81. The third kappa shape index (κ3) is 2.60. The van der Waals surface area contributed by atoms with Crippen LogP contribution in [0.25, 0.3) is 0 Å². The zero-order valence-electron chi connectivity index (χ0n) is 8.92. The summed E-state index contributed by atoms with van der Waals surface area (Å²) in [5.41, 5.74) is 4.74. The number of hydrogen-bond donors (Lipinski definition) is 1. The number of nitro benzene ring substituents is 1. The van der Waals surface area contributed by atoms with E-state index in [1.165, 1.54) is 0 Å². The first-order chi connectivity index (χ1) is 8.30. The summed E-state index contributed by atoms with van der Waals surface area (Å²) in [5, 5.41) is 19.0. The lowest BCUT2D eigenvalue weighted by molar-refractivity contribution is -0.494. The van der Waals surface area contributed by atoms with Crippen molar-refractivity contribution in [3.63, 3.8) is 0 Å². The Bertz CT molecular complexity index is 567. The first kappa shape index (κ1) is 14.0. The van der Waals surface area contributed by atoms with E-state index in [1.807, 2.05) is 0 Å². The second kappa shape index (κ2) is 5.06. The Kier molecular flexibility index (Phi) is 3.93. The summed E-state index contributed by atoms with van der Waals surface area (Å²) < 4.78 is 23.6. The molecule has 0 aliphatic rings. The van der Waals surface area contributed by atoms with Crippen LogP contribution in [0, 0.1) is 20.2 Å². The van der Waals surface area contributed by atoms with Crippen molar-refractivity contribution in [1.82, 2.24) is 0 Å². The lowest BCUT2D eigenvalue weighted by Crippen LogP contribution is -2.36. The van der Waals surface area contributed by atoms with Gasteiger partial charge in [-0.05, 0) is 12.1 Å². The van der Waals surface area contributed by atoms with Gasteiger partial charge >= 0.3 is 5.37 Å². The summed E-state index contributed by atoms with van der Waals surface area (Å²) in [7, 11) is -4.24. The van der Waals surface area contributed by atoms with Crippen LogP contribution in [0.2, 0.25) is 0 Å². The molecule has 0 fully saturated rings. The minimum Gasteiger partial charge on any atom is -0.324 e. The molecule has 9 nitrogen and oxygen atoms in total. The monoisotopic (exact) mass is 275 g/mol. The fraction of sp³-hybridized carbons (Fsp3) is 0.250. The summed E-state index contributed by atoms with van der Waals surface area (Å²) in [4.78, 5) is 18.9. The second-order valence-electron chi connectivity index (χ2n) is 3.27. The Hall–Kier alpha value is -2.07. The zero-order valence-corrected chi connectivity index (χ0v) is 9.74. The SMILES string of the molecule is NCC([N+](=O)[O-])S(=O)(=O)c1ccc([N+](=O)[O-])cc1. The van der Waals surface area contributed by atoms with E-state index in [0.29, 0.717) is 0 Å². The molecule has 0 radical (unpaired) electrons. The fourth-order valence-electron chi connectivity index (χ4n) is 1.24. The van der Waals surface area contributed by atoms with E-state index < -0.39 is 31.6 Å². The molecule has 18 heavy (non-hydrogen) atoms. The van der Waals surface area contributed by atoms with Gasteiger partial charge in [-0.1, -0.05) is 0 Å². The van der Waals surface area contributed by atoms with E-state index in [2.05, 4.69) is 0 Å². The van der Waals surface area contributed by atoms with E-state index in [-0.39, 0.29) is 10.6 Å². The molecule has 10 heteroatoms. The maximum absolute atomic E-state index is 11.8. The molecule has 0 bridgehead atoms. The lowest BCUT2D eigenvalue weighted by Gasteiger charge is -2.08. The van der Waals surface area contributed by atoms with Gasteiger partial charge in [0.25, 0.3) is 5.69 Å². The van der Waals surface area contributed by atoms with Crippen molar-refractivity contribution in [1.29, 1.82) is 0 Å². The second-order valence-corrected chi connectivity index (χ2v) is 5.38. The zero-order chi connectivity index (χ0) is 13.9. The van der Waals surface area contributed by atoms with Crippen LogP contribution >= 0.6 is 0 Å². The number of sulfone groups is 1. The highest BCUT2D eigenvalue weighted by atomic mass is 32.2. The topological polar surface area (TPSA) is 146 Å². The number of hydrogen-bond acceptors (Lipinski definition) is 7. The van der Waals surface area contributed by atoms with Gasteiger partial charge in [-0.15, -0.1) is 0 Å². The number of non-ortho nitro benzene ring substituents is 1. The molecule has 1 aromatic rings. The van der Waals surface area contributed by atoms with Gasteiger partial charge in [-0.2, -0.15) is 0 Å². The van der Waals surface area contributed by atoms with Gasteiger partial charge in [0.2, 0.25) is 9.84 Å². The first-order valence-electron chi connectivity index (χ1n) is 4.62. The van der Waals surface area contributed by atoms with Crippen molar-refractivity contribution in [3.8, 4) is 0 Å². The molecule has 0 amide bonds. The average molecular weight is 275 g/mol. The van der Waals surface area contributed by atoms with E-state index in [0.717, 1.165) is 24.3 Å². The van der Waals surface area contributed by atoms with Crippen molar-refractivity contribution in [2.75, 3.05) is 6.54 Å². The maximum atomic E-state index is 11.8. The molecule has 0 aromatic heterocycles. The average Bonchev–Trinajstić information content (AvgIpc) is 2.29. The van der Waals surface area contributed by atoms with Crippen LogP contribution in [0.5, 0.6) is 0 Å². The Morgan fingerprint density at radius 1 is 1.17 bits per heavy atom. The van der Waals surface area contributed by atoms with Gasteiger partial charge in [0, 0.05) is 17.1 Å². The third-order valence-corrected chi connectivity index (χ3v) is 4.18. The largest absolute Gasteiger partial charge is 0.326 e. The summed E-state index contributed by atoms with van der Waals surface area (Å²) >= 11 is 0. The normalized spacial score (nSPS) is 12.9. The minimum absolute atomic E-state index is 0.306. The van der Waals surface area contributed by atoms with Crippen LogP contribution in [-0.4, -0.2) is 30.2 Å². The molecule has 0 spiro atoms. The minimum atomic E-state index is -4.24. The molecule has 0 heterocycles. The van der Waals surface area contributed by atoms with E-state index >= 15 is 0 Å². The lowest BCUT2D eigenvalue weighted by atomic mass is 10.3. The first-order valence-corrected chi connectivity index (χ1v) is 6.17. The number of nitrogens with zero attached hydrogens (tertiary/aromatic N) is 2. The molecule has 0 aliphatic heterocycles. The Morgan fingerprint density at radius 2 is 1.67 bits per heavy atom. The maximum Gasteiger partial charge on any atom is 0.326 e.